The molecule has 54 heavy (non-hydrogen) atoms. The quantitative estimate of drug-likeness (QED) is 0.195. The number of nitrogens with zero attached hydrogens (tertiary/aromatic N) is 9. The second-order valence-corrected chi connectivity index (χ2v) is 15.7. The smallest absolute Gasteiger partial charge is 0.329 e. The molecule has 1 unspecified atom stereocenters. The molecular weight excluding hydrogens is 741 g/mol. The molecule has 1 amide bonds. The molecule has 3 aliphatic heterocycles. The average molecular weight is 775 g/mol. The molecule has 5 aromatic rings. The highest BCUT2D eigenvalue weighted by Gasteiger charge is 2.49. The molecule has 3 fully saturated rings. The van der Waals surface area contributed by atoms with Crippen molar-refractivity contribution in [3.63, 3.8) is 0 Å². The number of thiophene rings is 1. The molecular formula is C37H34ClF3N10O2S. The largest absolute Gasteiger partial charge is 0.461 e. The number of nitriles is 2. The summed E-state index contributed by atoms with van der Waals surface area (Å²) in [5, 5.41) is 19.8. The molecule has 4 atom stereocenters. The van der Waals surface area contributed by atoms with E-state index in [-0.39, 0.29) is 89.9 Å². The maximum Gasteiger partial charge on any atom is 0.329 e. The maximum atomic E-state index is 17.2. The summed E-state index contributed by atoms with van der Waals surface area (Å²) in [6.45, 7) is 5.11. The Morgan fingerprint density at radius 2 is 2.04 bits per heavy atom. The second-order valence-electron chi connectivity index (χ2n) is 14.2. The Morgan fingerprint density at radius 3 is 2.78 bits per heavy atom. The molecule has 2 aromatic carbocycles. The van der Waals surface area contributed by atoms with Crippen molar-refractivity contribution >= 4 is 60.8 Å². The molecule has 17 heteroatoms. The minimum absolute atomic E-state index is 0.0133. The lowest BCUT2D eigenvalue weighted by molar-refractivity contribution is 0.107. The zero-order chi connectivity index (χ0) is 38.2. The Kier molecular flexibility index (Phi) is 8.83. The monoisotopic (exact) mass is 774 g/mol. The van der Waals surface area contributed by atoms with Crippen LogP contribution in [0.2, 0.25) is 5.02 Å². The first kappa shape index (κ1) is 35.8. The number of carbonyl (C=O) groups excluding carboxylic acids is 1. The third-order valence-corrected chi connectivity index (χ3v) is 12.7. The summed E-state index contributed by atoms with van der Waals surface area (Å²) in [7, 11) is 1.79. The van der Waals surface area contributed by atoms with Gasteiger partial charge in [-0.2, -0.15) is 20.5 Å². The van der Waals surface area contributed by atoms with Crippen molar-refractivity contribution in [3.8, 4) is 29.3 Å². The third-order valence-electron chi connectivity index (χ3n) is 11.4. The number of halogens is 4. The molecule has 12 nitrogen and oxygen atoms in total. The molecule has 3 saturated heterocycles. The number of likely N-dealkylation sites (N-methyl/N-ethyl adjacent to an activating group) is 1. The van der Waals surface area contributed by atoms with E-state index in [1.165, 1.54) is 29.1 Å². The normalized spacial score (nSPS) is 22.5. The predicted octanol–water partition coefficient (Wildman–Crippen LogP) is 6.80. The minimum atomic E-state index is -0.987. The fourth-order valence-electron chi connectivity index (χ4n) is 8.62. The van der Waals surface area contributed by atoms with Crippen molar-refractivity contribution in [2.24, 2.45) is 0 Å². The van der Waals surface area contributed by atoms with Crippen molar-refractivity contribution in [3.05, 3.63) is 58.1 Å². The highest BCUT2D eigenvalue weighted by atomic mass is 35.5. The summed E-state index contributed by atoms with van der Waals surface area (Å²) in [5.74, 6) is -1.16. The molecule has 2 N–H and O–H groups in total. The Labute approximate surface area is 317 Å². The summed E-state index contributed by atoms with van der Waals surface area (Å²) < 4.78 is 54.5. The van der Waals surface area contributed by atoms with Gasteiger partial charge in [-0.3, -0.25) is 9.47 Å². The number of carbonyl (C=O) groups is 1. The van der Waals surface area contributed by atoms with Crippen LogP contribution in [0.25, 0.3) is 32.1 Å². The van der Waals surface area contributed by atoms with Gasteiger partial charge < -0.3 is 20.3 Å². The number of nitrogen functional groups attached to an aromatic ring is 1. The summed E-state index contributed by atoms with van der Waals surface area (Å²) in [6, 6.07) is 6.94. The van der Waals surface area contributed by atoms with Gasteiger partial charge in [-0.05, 0) is 57.4 Å². The summed E-state index contributed by atoms with van der Waals surface area (Å²) in [4.78, 5) is 32.7. The van der Waals surface area contributed by atoms with Crippen LogP contribution in [0.15, 0.2) is 24.5 Å². The Morgan fingerprint density at radius 1 is 1.24 bits per heavy atom. The molecule has 0 aliphatic carbocycles. The van der Waals surface area contributed by atoms with Crippen molar-refractivity contribution in [2.75, 3.05) is 43.9 Å². The number of benzene rings is 2. The van der Waals surface area contributed by atoms with Gasteiger partial charge in [0.25, 0.3) is 0 Å². The zero-order valence-electron chi connectivity index (χ0n) is 29.5. The molecule has 6 heterocycles. The van der Waals surface area contributed by atoms with E-state index >= 15 is 4.39 Å². The number of nitrogens with two attached hydrogens (primary N) is 1. The van der Waals surface area contributed by atoms with E-state index in [4.69, 9.17) is 27.1 Å². The van der Waals surface area contributed by atoms with Crippen LogP contribution in [-0.4, -0.2) is 92.4 Å². The highest BCUT2D eigenvalue weighted by Crippen LogP contribution is 2.46. The summed E-state index contributed by atoms with van der Waals surface area (Å²) in [6.07, 6.45) is 2.82. The molecule has 0 saturated carbocycles. The van der Waals surface area contributed by atoms with E-state index in [0.717, 1.165) is 30.7 Å². The lowest BCUT2D eigenvalue weighted by Crippen LogP contribution is -2.45. The Balaban J connectivity index is 1.23. The van der Waals surface area contributed by atoms with Crippen LogP contribution in [0.4, 0.5) is 28.8 Å². The van der Waals surface area contributed by atoms with E-state index in [2.05, 4.69) is 14.9 Å². The fourth-order valence-corrected chi connectivity index (χ4v) is 9.86. The molecule has 0 bridgehead atoms. The van der Waals surface area contributed by atoms with Gasteiger partial charge in [0.1, 0.15) is 53.4 Å². The van der Waals surface area contributed by atoms with Crippen LogP contribution in [0.5, 0.6) is 6.01 Å². The van der Waals surface area contributed by atoms with Crippen molar-refractivity contribution < 1.29 is 22.7 Å². The van der Waals surface area contributed by atoms with Crippen LogP contribution < -0.4 is 15.4 Å². The van der Waals surface area contributed by atoms with Gasteiger partial charge in [-0.15, -0.1) is 11.3 Å². The number of ether oxygens (including phenoxy) is 1. The molecule has 0 radical (unpaired) electrons. The number of fused-ring (bicyclic) bond motifs is 3. The van der Waals surface area contributed by atoms with Gasteiger partial charge in [-0.1, -0.05) is 17.7 Å². The number of likely N-dealkylation sites (tertiary alicyclic amines) is 1. The van der Waals surface area contributed by atoms with Gasteiger partial charge >= 0.3 is 12.0 Å². The van der Waals surface area contributed by atoms with E-state index in [1.807, 2.05) is 24.0 Å². The SMILES string of the molecule is Cc1c(C#N)ncn1C(=O)N1CC[C@@H](N(C)c2nc(OCC34CCCN3C[C@H](F)C4)nc3c(F)c(-c4ccc(F)c5sc(N)c(C#N)c45)c(Cl)cc23)[C@H]1C. The molecule has 0 spiro atoms. The van der Waals surface area contributed by atoms with Crippen LogP contribution in [0.1, 0.15) is 49.6 Å². The Hall–Kier alpha value is -5.16. The van der Waals surface area contributed by atoms with E-state index in [0.29, 0.717) is 31.6 Å². The van der Waals surface area contributed by atoms with Crippen LogP contribution in [-0.2, 0) is 0 Å². The fraction of sp³-hybridized carbons (Fsp3) is 0.405. The lowest BCUT2D eigenvalue weighted by Gasteiger charge is -2.33. The molecule has 3 aliphatic rings. The number of alkyl halides is 1. The van der Waals surface area contributed by atoms with Gasteiger partial charge in [0.15, 0.2) is 11.5 Å². The average Bonchev–Trinajstić information content (AvgIpc) is 3.95. The van der Waals surface area contributed by atoms with Gasteiger partial charge in [0, 0.05) is 42.9 Å². The standard InChI is InChI=1S/C37H34ClF3N10O2S/c1-18-26(14-43)45-17-51(18)36(52)50-10-7-27(19(50)2)48(3)34-22-11-24(38)29(21-5-6-25(40)32-28(21)23(13-42)33(44)54-32)30(41)31(22)46-35(47-34)53-16-37-8-4-9-49(37)15-20(39)12-37/h5-6,11,17,19-20,27H,4,7-10,12,15-16,44H2,1-3H3/t19-,20-,27-,37?/m1/s1. The van der Waals surface area contributed by atoms with Crippen LogP contribution in [0.3, 0.4) is 0 Å². The molecule has 8 rings (SSSR count). The van der Waals surface area contributed by atoms with E-state index in [9.17, 15) is 24.1 Å². The number of hydrogen-bond donors (Lipinski definition) is 1. The maximum absolute atomic E-state index is 17.2. The number of anilines is 2. The number of rotatable bonds is 6. The zero-order valence-corrected chi connectivity index (χ0v) is 31.1. The topological polar surface area (TPSA) is 153 Å². The molecule has 278 valence electrons. The summed E-state index contributed by atoms with van der Waals surface area (Å²) >= 11 is 7.79. The first-order valence-electron chi connectivity index (χ1n) is 17.5. The number of imidazole rings is 1. The molecule has 3 aromatic heterocycles. The van der Waals surface area contributed by atoms with E-state index in [1.54, 1.807) is 18.9 Å². The Bertz CT molecular complexity index is 2460. The van der Waals surface area contributed by atoms with Gasteiger partial charge in [0.05, 0.1) is 38.6 Å². The summed E-state index contributed by atoms with van der Waals surface area (Å²) in [5.41, 5.74) is 6.11. The number of aromatic nitrogens is 4. The van der Waals surface area contributed by atoms with Gasteiger partial charge in [0.2, 0.25) is 0 Å². The van der Waals surface area contributed by atoms with E-state index < -0.39 is 23.3 Å². The number of hydrogen-bond acceptors (Lipinski definition) is 11. The van der Waals surface area contributed by atoms with Crippen LogP contribution in [0, 0.1) is 41.2 Å². The highest BCUT2D eigenvalue weighted by molar-refractivity contribution is 7.23. The first-order chi connectivity index (χ1) is 25.9. The predicted molar refractivity (Wildman–Crippen MR) is 198 cm³/mol. The third kappa shape index (κ3) is 5.49. The lowest BCUT2D eigenvalue weighted by atomic mass is 9.95. The van der Waals surface area contributed by atoms with Crippen LogP contribution >= 0.6 is 22.9 Å². The first-order valence-corrected chi connectivity index (χ1v) is 18.7. The number of amides is 1. The van der Waals surface area contributed by atoms with Crippen molar-refractivity contribution in [1.29, 1.82) is 10.5 Å². The van der Waals surface area contributed by atoms with Crippen molar-refractivity contribution in [1.82, 2.24) is 29.3 Å². The van der Waals surface area contributed by atoms with Gasteiger partial charge in [-0.25, -0.2) is 22.9 Å². The minimum Gasteiger partial charge on any atom is -0.461 e. The van der Waals surface area contributed by atoms with Crippen molar-refractivity contribution in [2.45, 2.75) is 63.3 Å². The second kappa shape index (κ2) is 13.3.